The minimum atomic E-state index is 0.798. The molecule has 2 aromatic rings. The molecular formula is C25H36. The van der Waals surface area contributed by atoms with E-state index in [1.165, 1.54) is 87.0 Å². The molecule has 1 aliphatic carbocycles. The van der Waals surface area contributed by atoms with Crippen LogP contribution in [0.2, 0.25) is 0 Å². The van der Waals surface area contributed by atoms with Crippen molar-refractivity contribution in [3.05, 3.63) is 47.5 Å². The molecule has 1 fully saturated rings. The van der Waals surface area contributed by atoms with Crippen LogP contribution in [-0.2, 0) is 0 Å². The van der Waals surface area contributed by atoms with Gasteiger partial charge in [-0.2, -0.15) is 0 Å². The molecule has 25 heavy (non-hydrogen) atoms. The highest BCUT2D eigenvalue weighted by Crippen LogP contribution is 2.38. The zero-order valence-electron chi connectivity index (χ0n) is 16.4. The third kappa shape index (κ3) is 5.33. The van der Waals surface area contributed by atoms with Crippen molar-refractivity contribution in [2.45, 2.75) is 90.4 Å². The summed E-state index contributed by atoms with van der Waals surface area (Å²) in [4.78, 5) is 0. The van der Waals surface area contributed by atoms with Crippen molar-refractivity contribution in [1.29, 1.82) is 0 Å². The fourth-order valence-corrected chi connectivity index (χ4v) is 4.64. The van der Waals surface area contributed by atoms with Crippen LogP contribution < -0.4 is 0 Å². The van der Waals surface area contributed by atoms with E-state index in [9.17, 15) is 0 Å². The average Bonchev–Trinajstić information content (AvgIpc) is 2.64. The van der Waals surface area contributed by atoms with Gasteiger partial charge in [0.05, 0.1) is 0 Å². The van der Waals surface area contributed by atoms with Gasteiger partial charge >= 0.3 is 0 Å². The van der Waals surface area contributed by atoms with Crippen LogP contribution >= 0.6 is 0 Å². The van der Waals surface area contributed by atoms with Crippen molar-refractivity contribution in [3.8, 4) is 0 Å². The van der Waals surface area contributed by atoms with Gasteiger partial charge in [0.15, 0.2) is 0 Å². The second-order valence-corrected chi connectivity index (χ2v) is 8.38. The lowest BCUT2D eigenvalue weighted by Gasteiger charge is -2.29. The Kier molecular flexibility index (Phi) is 6.96. The Balaban J connectivity index is 1.45. The third-order valence-corrected chi connectivity index (χ3v) is 6.30. The Morgan fingerprint density at radius 1 is 0.760 bits per heavy atom. The van der Waals surface area contributed by atoms with E-state index in [0.717, 1.165) is 11.8 Å². The smallest absolute Gasteiger partial charge is 0.0162 e. The number of hydrogen-bond donors (Lipinski definition) is 0. The first-order valence-electron chi connectivity index (χ1n) is 10.8. The van der Waals surface area contributed by atoms with E-state index in [0.29, 0.717) is 0 Å². The molecule has 0 radical (unpaired) electrons. The molecule has 0 saturated heterocycles. The van der Waals surface area contributed by atoms with E-state index < -0.39 is 0 Å². The maximum absolute atomic E-state index is 2.45. The van der Waals surface area contributed by atoms with Crippen molar-refractivity contribution in [2.24, 2.45) is 5.92 Å². The first-order chi connectivity index (χ1) is 12.3. The minimum absolute atomic E-state index is 0.798. The summed E-state index contributed by atoms with van der Waals surface area (Å²) >= 11 is 0. The molecule has 0 amide bonds. The van der Waals surface area contributed by atoms with Crippen LogP contribution in [-0.4, -0.2) is 0 Å². The van der Waals surface area contributed by atoms with Gasteiger partial charge in [-0.1, -0.05) is 93.8 Å². The molecule has 2 aromatic carbocycles. The highest BCUT2D eigenvalue weighted by Gasteiger charge is 2.22. The largest absolute Gasteiger partial charge is 0.0654 e. The predicted molar refractivity (Wildman–Crippen MR) is 111 cm³/mol. The Labute approximate surface area is 155 Å². The highest BCUT2D eigenvalue weighted by atomic mass is 14.3. The maximum Gasteiger partial charge on any atom is -0.0162 e. The van der Waals surface area contributed by atoms with Gasteiger partial charge in [0.25, 0.3) is 0 Å². The van der Waals surface area contributed by atoms with Crippen LogP contribution in [0.15, 0.2) is 36.4 Å². The lowest BCUT2D eigenvalue weighted by molar-refractivity contribution is 0.302. The standard InChI is InChI=1S/C25H36/c1-3-4-5-6-7-8-9-21-11-14-22(15-12-21)24-17-16-23-18-20(2)10-13-25(23)19-24/h10,13,16-19,21-22H,3-9,11-12,14-15H2,1-2H3/t21-,22-. The summed E-state index contributed by atoms with van der Waals surface area (Å²) in [5.74, 6) is 1.80. The first kappa shape index (κ1) is 18.5. The average molecular weight is 337 g/mol. The van der Waals surface area contributed by atoms with Gasteiger partial charge < -0.3 is 0 Å². The normalized spacial score (nSPS) is 20.9. The fraction of sp³-hybridized carbons (Fsp3) is 0.600. The van der Waals surface area contributed by atoms with E-state index in [1.807, 2.05) is 0 Å². The SMILES string of the molecule is CCCCCCCC[C@H]1CC[C@H](c2ccc3cc(C)ccc3c2)CC1. The molecule has 0 nitrogen and oxygen atoms in total. The van der Waals surface area contributed by atoms with Crippen LogP contribution in [0.1, 0.15) is 94.6 Å². The number of unbranched alkanes of at least 4 members (excludes halogenated alkanes) is 5. The molecule has 1 saturated carbocycles. The van der Waals surface area contributed by atoms with Crippen LogP contribution in [0.4, 0.5) is 0 Å². The number of benzene rings is 2. The monoisotopic (exact) mass is 336 g/mol. The summed E-state index contributed by atoms with van der Waals surface area (Å²) < 4.78 is 0. The van der Waals surface area contributed by atoms with Gasteiger partial charge in [-0.25, -0.2) is 0 Å². The fourth-order valence-electron chi connectivity index (χ4n) is 4.64. The number of fused-ring (bicyclic) bond motifs is 1. The van der Waals surface area contributed by atoms with E-state index in [4.69, 9.17) is 0 Å². The summed E-state index contributed by atoms with van der Waals surface area (Å²) in [5, 5.41) is 2.80. The van der Waals surface area contributed by atoms with Crippen LogP contribution in [0.25, 0.3) is 10.8 Å². The van der Waals surface area contributed by atoms with E-state index >= 15 is 0 Å². The van der Waals surface area contributed by atoms with Crippen LogP contribution in [0.5, 0.6) is 0 Å². The van der Waals surface area contributed by atoms with E-state index in [-0.39, 0.29) is 0 Å². The molecule has 0 N–H and O–H groups in total. The molecule has 0 heterocycles. The van der Waals surface area contributed by atoms with Crippen molar-refractivity contribution in [2.75, 3.05) is 0 Å². The lowest BCUT2D eigenvalue weighted by atomic mass is 9.76. The van der Waals surface area contributed by atoms with Gasteiger partial charge in [0.1, 0.15) is 0 Å². The molecule has 136 valence electrons. The molecule has 1 aliphatic rings. The van der Waals surface area contributed by atoms with Gasteiger partial charge in [0.2, 0.25) is 0 Å². The summed E-state index contributed by atoms with van der Waals surface area (Å²) in [5.41, 5.74) is 2.94. The van der Waals surface area contributed by atoms with Crippen molar-refractivity contribution in [3.63, 3.8) is 0 Å². The Hall–Kier alpha value is -1.30. The molecule has 0 aromatic heterocycles. The molecule has 0 aliphatic heterocycles. The van der Waals surface area contributed by atoms with Crippen molar-refractivity contribution >= 4 is 10.8 Å². The summed E-state index contributed by atoms with van der Waals surface area (Å²) in [6.45, 7) is 4.48. The zero-order chi connectivity index (χ0) is 17.5. The Morgan fingerprint density at radius 3 is 2.24 bits per heavy atom. The zero-order valence-corrected chi connectivity index (χ0v) is 16.4. The summed E-state index contributed by atoms with van der Waals surface area (Å²) in [6.07, 6.45) is 15.8. The predicted octanol–water partition coefficient (Wildman–Crippen LogP) is 8.17. The number of rotatable bonds is 8. The Bertz CT molecular complexity index is 646. The van der Waals surface area contributed by atoms with Crippen molar-refractivity contribution < 1.29 is 0 Å². The Morgan fingerprint density at radius 2 is 1.44 bits per heavy atom. The molecule has 0 atom stereocenters. The highest BCUT2D eigenvalue weighted by molar-refractivity contribution is 5.83. The van der Waals surface area contributed by atoms with Crippen LogP contribution in [0.3, 0.4) is 0 Å². The molecule has 0 bridgehead atoms. The minimum Gasteiger partial charge on any atom is -0.0654 e. The van der Waals surface area contributed by atoms with Crippen molar-refractivity contribution in [1.82, 2.24) is 0 Å². The molecular weight excluding hydrogens is 300 g/mol. The lowest BCUT2D eigenvalue weighted by Crippen LogP contribution is -2.13. The molecule has 0 spiro atoms. The van der Waals surface area contributed by atoms with Gasteiger partial charge in [0, 0.05) is 0 Å². The first-order valence-corrected chi connectivity index (χ1v) is 10.8. The summed E-state index contributed by atoms with van der Waals surface area (Å²) in [6, 6.07) is 14.0. The van der Waals surface area contributed by atoms with Gasteiger partial charge in [-0.05, 0) is 60.8 Å². The second-order valence-electron chi connectivity index (χ2n) is 8.38. The third-order valence-electron chi connectivity index (χ3n) is 6.30. The maximum atomic E-state index is 2.45. The van der Waals surface area contributed by atoms with E-state index in [1.54, 1.807) is 5.56 Å². The van der Waals surface area contributed by atoms with Gasteiger partial charge in [-0.3, -0.25) is 0 Å². The second kappa shape index (κ2) is 9.41. The molecule has 0 unspecified atom stereocenters. The summed E-state index contributed by atoms with van der Waals surface area (Å²) in [7, 11) is 0. The molecule has 0 heteroatoms. The van der Waals surface area contributed by atoms with Crippen LogP contribution in [0, 0.1) is 12.8 Å². The topological polar surface area (TPSA) is 0 Å². The van der Waals surface area contributed by atoms with E-state index in [2.05, 4.69) is 50.2 Å². The quantitative estimate of drug-likeness (QED) is 0.426. The molecule has 3 rings (SSSR count). The number of aryl methyl sites for hydroxylation is 1. The van der Waals surface area contributed by atoms with Gasteiger partial charge in [-0.15, -0.1) is 0 Å². The number of hydrogen-bond acceptors (Lipinski definition) is 0.